The molecule has 0 saturated heterocycles. The van der Waals surface area contributed by atoms with Crippen molar-refractivity contribution in [2.24, 2.45) is 0 Å². The summed E-state index contributed by atoms with van der Waals surface area (Å²) >= 11 is 0. The molecule has 3 nitrogen and oxygen atoms in total. The van der Waals surface area contributed by atoms with Gasteiger partial charge in [0.05, 0.1) is 17.3 Å². The van der Waals surface area contributed by atoms with Crippen LogP contribution in [0.1, 0.15) is 22.5 Å². The number of rotatable bonds is 2. The zero-order chi connectivity index (χ0) is 14.2. The average Bonchev–Trinajstić information content (AvgIpc) is 2.69. The summed E-state index contributed by atoms with van der Waals surface area (Å²) in [4.78, 5) is 13.9. The normalized spacial score (nSPS) is 11.5. The molecule has 2 rings (SSSR count). The van der Waals surface area contributed by atoms with Crippen molar-refractivity contribution >= 4 is 16.7 Å². The van der Waals surface area contributed by atoms with Crippen LogP contribution < -0.4 is 0 Å². The monoisotopic (exact) mass is 270 g/mol. The van der Waals surface area contributed by atoms with Crippen LogP contribution in [0.5, 0.6) is 0 Å². The van der Waals surface area contributed by atoms with Crippen molar-refractivity contribution in [1.82, 2.24) is 4.98 Å². The summed E-state index contributed by atoms with van der Waals surface area (Å²) in [5, 5.41) is 8.52. The number of benzene rings is 1. The van der Waals surface area contributed by atoms with Gasteiger partial charge in [-0.1, -0.05) is 0 Å². The van der Waals surface area contributed by atoms with E-state index >= 15 is 0 Å². The van der Waals surface area contributed by atoms with Crippen LogP contribution in [-0.4, -0.2) is 10.8 Å². The van der Waals surface area contributed by atoms with Crippen LogP contribution in [0.4, 0.5) is 17.6 Å². The first-order valence-electron chi connectivity index (χ1n) is 5.12. The van der Waals surface area contributed by atoms with Gasteiger partial charge in [-0.05, 0) is 18.2 Å². The standard InChI is InChI=1S/C12H6F4N2O/c13-8-3-6-4-10(11(19)1-2-17)18-9(6)5-7(8)12(14,15)16/h3-5,18H,1H2. The highest BCUT2D eigenvalue weighted by atomic mass is 19.4. The van der Waals surface area contributed by atoms with E-state index in [9.17, 15) is 22.4 Å². The number of aromatic amines is 1. The summed E-state index contributed by atoms with van der Waals surface area (Å²) in [6.45, 7) is 0. The third-order valence-corrected chi connectivity index (χ3v) is 2.55. The van der Waals surface area contributed by atoms with Crippen molar-refractivity contribution < 1.29 is 22.4 Å². The molecule has 19 heavy (non-hydrogen) atoms. The highest BCUT2D eigenvalue weighted by molar-refractivity contribution is 6.00. The summed E-state index contributed by atoms with van der Waals surface area (Å²) < 4.78 is 50.8. The number of carbonyl (C=O) groups is 1. The quantitative estimate of drug-likeness (QED) is 0.671. The van der Waals surface area contributed by atoms with E-state index in [0.717, 1.165) is 0 Å². The first kappa shape index (κ1) is 13.1. The van der Waals surface area contributed by atoms with E-state index in [2.05, 4.69) is 4.98 Å². The van der Waals surface area contributed by atoms with E-state index in [0.29, 0.717) is 12.1 Å². The molecule has 7 heteroatoms. The van der Waals surface area contributed by atoms with Crippen LogP contribution in [0.3, 0.4) is 0 Å². The van der Waals surface area contributed by atoms with Crippen LogP contribution in [0, 0.1) is 17.1 Å². The minimum absolute atomic E-state index is 0.00462. The minimum Gasteiger partial charge on any atom is -0.352 e. The summed E-state index contributed by atoms with van der Waals surface area (Å²) in [5.74, 6) is -1.97. The fourth-order valence-corrected chi connectivity index (χ4v) is 1.69. The number of fused-ring (bicyclic) bond motifs is 1. The van der Waals surface area contributed by atoms with Gasteiger partial charge in [-0.2, -0.15) is 18.4 Å². The lowest BCUT2D eigenvalue weighted by atomic mass is 10.1. The lowest BCUT2D eigenvalue weighted by Gasteiger charge is -2.07. The Bertz CT molecular complexity index is 694. The number of Topliss-reactive ketones (excluding diaryl/α,β-unsaturated/α-hetero) is 1. The zero-order valence-corrected chi connectivity index (χ0v) is 9.31. The number of hydrogen-bond donors (Lipinski definition) is 1. The smallest absolute Gasteiger partial charge is 0.352 e. The number of hydrogen-bond acceptors (Lipinski definition) is 2. The van der Waals surface area contributed by atoms with Crippen LogP contribution >= 0.6 is 0 Å². The first-order chi connectivity index (χ1) is 8.82. The Labute approximate surface area is 104 Å². The highest BCUT2D eigenvalue weighted by Crippen LogP contribution is 2.33. The van der Waals surface area contributed by atoms with Gasteiger partial charge in [-0.3, -0.25) is 4.79 Å². The second-order valence-electron chi connectivity index (χ2n) is 3.86. The van der Waals surface area contributed by atoms with E-state index in [1.807, 2.05) is 0 Å². The molecule has 0 bridgehead atoms. The van der Waals surface area contributed by atoms with Crippen molar-refractivity contribution in [1.29, 1.82) is 5.26 Å². The largest absolute Gasteiger partial charge is 0.419 e. The molecule has 2 aromatic rings. The van der Waals surface area contributed by atoms with E-state index in [-0.39, 0.29) is 16.6 Å². The van der Waals surface area contributed by atoms with Crippen LogP contribution in [-0.2, 0) is 6.18 Å². The SMILES string of the molecule is N#CCC(=O)c1cc2cc(F)c(C(F)(F)F)cc2[nH]1. The Morgan fingerprint density at radius 1 is 1.32 bits per heavy atom. The first-order valence-corrected chi connectivity index (χ1v) is 5.12. The third-order valence-electron chi connectivity index (χ3n) is 2.55. The lowest BCUT2D eigenvalue weighted by molar-refractivity contribution is -0.139. The van der Waals surface area contributed by atoms with Gasteiger partial charge < -0.3 is 4.98 Å². The van der Waals surface area contributed by atoms with Gasteiger partial charge >= 0.3 is 6.18 Å². The number of halogens is 4. The van der Waals surface area contributed by atoms with E-state index < -0.39 is 29.8 Å². The number of alkyl halides is 3. The second kappa shape index (κ2) is 4.39. The Morgan fingerprint density at radius 3 is 2.58 bits per heavy atom. The molecule has 0 aliphatic carbocycles. The third kappa shape index (κ3) is 2.42. The Morgan fingerprint density at radius 2 is 2.00 bits per heavy atom. The predicted molar refractivity (Wildman–Crippen MR) is 57.8 cm³/mol. The van der Waals surface area contributed by atoms with Crippen molar-refractivity contribution in [3.05, 3.63) is 35.3 Å². The lowest BCUT2D eigenvalue weighted by Crippen LogP contribution is -2.07. The molecule has 0 spiro atoms. The number of nitrogens with zero attached hydrogens (tertiary/aromatic N) is 1. The number of carbonyl (C=O) groups excluding carboxylic acids is 1. The van der Waals surface area contributed by atoms with E-state index in [1.165, 1.54) is 6.07 Å². The maximum absolute atomic E-state index is 13.3. The van der Waals surface area contributed by atoms with Gasteiger partial charge in [0.2, 0.25) is 0 Å². The van der Waals surface area contributed by atoms with Crippen molar-refractivity contribution in [3.8, 4) is 6.07 Å². The summed E-state index contributed by atoms with van der Waals surface area (Å²) in [5.41, 5.74) is -1.42. The molecule has 1 N–H and O–H groups in total. The van der Waals surface area contributed by atoms with Crippen molar-refractivity contribution in [2.75, 3.05) is 0 Å². The molecule has 0 atom stereocenters. The molecule has 1 aromatic heterocycles. The average molecular weight is 270 g/mol. The van der Waals surface area contributed by atoms with E-state index in [1.54, 1.807) is 6.07 Å². The number of ketones is 1. The van der Waals surface area contributed by atoms with Gasteiger partial charge in [0, 0.05) is 10.9 Å². The highest BCUT2D eigenvalue weighted by Gasteiger charge is 2.34. The molecule has 98 valence electrons. The van der Waals surface area contributed by atoms with Crippen molar-refractivity contribution in [3.63, 3.8) is 0 Å². The molecule has 0 aliphatic rings. The maximum atomic E-state index is 13.3. The minimum atomic E-state index is -4.81. The van der Waals surface area contributed by atoms with Crippen LogP contribution in [0.2, 0.25) is 0 Å². The Balaban J connectivity index is 2.56. The summed E-state index contributed by atoms with van der Waals surface area (Å²) in [7, 11) is 0. The fraction of sp³-hybridized carbons (Fsp3) is 0.167. The zero-order valence-electron chi connectivity index (χ0n) is 9.31. The van der Waals surface area contributed by atoms with Gasteiger partial charge in [-0.25, -0.2) is 4.39 Å². The fourth-order valence-electron chi connectivity index (χ4n) is 1.69. The molecular weight excluding hydrogens is 264 g/mol. The topological polar surface area (TPSA) is 56.6 Å². The molecule has 0 radical (unpaired) electrons. The number of nitrogens with one attached hydrogen (secondary N) is 1. The number of aromatic nitrogens is 1. The van der Waals surface area contributed by atoms with Gasteiger partial charge in [0.15, 0.2) is 5.78 Å². The van der Waals surface area contributed by atoms with E-state index in [4.69, 9.17) is 5.26 Å². The molecule has 1 aromatic carbocycles. The Hall–Kier alpha value is -2.36. The van der Waals surface area contributed by atoms with Gasteiger partial charge in [0.1, 0.15) is 12.2 Å². The maximum Gasteiger partial charge on any atom is 0.419 e. The summed E-state index contributed by atoms with van der Waals surface area (Å²) in [6.07, 6.45) is -5.21. The molecule has 0 amide bonds. The predicted octanol–water partition coefficient (Wildman–Crippen LogP) is 3.42. The molecular formula is C12H6F4N2O. The van der Waals surface area contributed by atoms with Crippen LogP contribution in [0.15, 0.2) is 18.2 Å². The molecule has 0 aliphatic heterocycles. The molecule has 0 unspecified atom stereocenters. The van der Waals surface area contributed by atoms with Gasteiger partial charge in [-0.15, -0.1) is 0 Å². The Kier molecular flexibility index (Phi) is 3.02. The number of nitriles is 1. The van der Waals surface area contributed by atoms with Crippen LogP contribution in [0.25, 0.3) is 10.9 Å². The molecule has 0 saturated carbocycles. The molecule has 1 heterocycles. The van der Waals surface area contributed by atoms with Crippen molar-refractivity contribution in [2.45, 2.75) is 12.6 Å². The molecule has 0 fully saturated rings. The second-order valence-corrected chi connectivity index (χ2v) is 3.86. The van der Waals surface area contributed by atoms with Gasteiger partial charge in [0.25, 0.3) is 0 Å². The summed E-state index contributed by atoms with van der Waals surface area (Å²) in [6, 6.07) is 4.17. The number of H-pyrrole nitrogens is 1.